The third kappa shape index (κ3) is 3.77. The van der Waals surface area contributed by atoms with Gasteiger partial charge in [-0.05, 0) is 55.6 Å². The quantitative estimate of drug-likeness (QED) is 0.280. The molecular formula is C28H38ClFO5. The molecule has 7 heteroatoms. The lowest BCUT2D eigenvalue weighted by Gasteiger charge is -2.60. The molecule has 0 aromatic carbocycles. The van der Waals surface area contributed by atoms with Crippen LogP contribution >= 0.6 is 11.6 Å². The molecule has 0 aromatic heterocycles. The summed E-state index contributed by atoms with van der Waals surface area (Å²) < 4.78 is 21.0. The van der Waals surface area contributed by atoms with Crippen molar-refractivity contribution in [2.45, 2.75) is 90.8 Å². The normalized spacial score (nSPS) is 42.4. The summed E-state index contributed by atoms with van der Waals surface area (Å²) in [6.07, 6.45) is 6.99. The van der Waals surface area contributed by atoms with Crippen molar-refractivity contribution >= 4 is 29.1 Å². The van der Waals surface area contributed by atoms with Gasteiger partial charge in [-0.15, -0.1) is 11.6 Å². The minimum absolute atomic E-state index is 0.00519. The van der Waals surface area contributed by atoms with E-state index in [0.717, 1.165) is 12.8 Å². The molecule has 2 unspecified atom stereocenters. The highest BCUT2D eigenvalue weighted by atomic mass is 35.5. The molecule has 4 aliphatic carbocycles. The molecule has 0 amide bonds. The Morgan fingerprint density at radius 1 is 1.29 bits per heavy atom. The lowest BCUT2D eigenvalue weighted by atomic mass is 9.46. The Balaban J connectivity index is 1.73. The highest BCUT2D eigenvalue weighted by molar-refractivity contribution is 6.29. The number of hydrogen-bond acceptors (Lipinski definition) is 5. The van der Waals surface area contributed by atoms with E-state index in [-0.39, 0.29) is 54.1 Å². The van der Waals surface area contributed by atoms with E-state index in [1.54, 1.807) is 6.08 Å². The number of ketones is 2. The topological polar surface area (TPSA) is 80.7 Å². The van der Waals surface area contributed by atoms with E-state index in [0.29, 0.717) is 31.3 Å². The molecule has 5 nitrogen and oxygen atoms in total. The van der Waals surface area contributed by atoms with Gasteiger partial charge in [-0.25, -0.2) is 4.39 Å². The van der Waals surface area contributed by atoms with Crippen LogP contribution in [0.2, 0.25) is 0 Å². The molecule has 0 saturated heterocycles. The van der Waals surface area contributed by atoms with Gasteiger partial charge >= 0.3 is 5.97 Å². The van der Waals surface area contributed by atoms with Crippen LogP contribution in [-0.2, 0) is 19.1 Å². The van der Waals surface area contributed by atoms with Gasteiger partial charge in [0.1, 0.15) is 0 Å². The summed E-state index contributed by atoms with van der Waals surface area (Å²) in [6.45, 7) is 7.89. The number of unbranched alkanes of at least 4 members (excludes halogenated alkanes) is 2. The monoisotopic (exact) mass is 508 g/mol. The summed E-state index contributed by atoms with van der Waals surface area (Å²) in [5.41, 5.74) is -2.46. The van der Waals surface area contributed by atoms with Gasteiger partial charge in [-0.1, -0.05) is 46.6 Å². The van der Waals surface area contributed by atoms with Crippen molar-refractivity contribution in [1.29, 1.82) is 0 Å². The molecule has 0 aliphatic heterocycles. The van der Waals surface area contributed by atoms with Crippen molar-refractivity contribution in [1.82, 2.24) is 0 Å². The van der Waals surface area contributed by atoms with Crippen LogP contribution in [0, 0.1) is 34.5 Å². The minimum atomic E-state index is -1.39. The zero-order valence-electron chi connectivity index (χ0n) is 21.2. The second kappa shape index (κ2) is 9.41. The maximum absolute atomic E-state index is 14.9. The Morgan fingerprint density at radius 3 is 2.66 bits per heavy atom. The molecule has 35 heavy (non-hydrogen) atoms. The first kappa shape index (κ1) is 26.5. The van der Waals surface area contributed by atoms with E-state index >= 15 is 0 Å². The Morgan fingerprint density at radius 2 is 2.00 bits per heavy atom. The number of aliphatic hydroxyl groups is 1. The predicted molar refractivity (Wildman–Crippen MR) is 131 cm³/mol. The number of aliphatic hydroxyl groups excluding tert-OH is 1. The van der Waals surface area contributed by atoms with E-state index in [4.69, 9.17) is 16.3 Å². The van der Waals surface area contributed by atoms with Crippen LogP contribution < -0.4 is 0 Å². The van der Waals surface area contributed by atoms with Gasteiger partial charge in [0.2, 0.25) is 5.78 Å². The van der Waals surface area contributed by atoms with Gasteiger partial charge in [0.15, 0.2) is 17.2 Å². The number of allylic oxidation sites excluding steroid dienone is 4. The summed E-state index contributed by atoms with van der Waals surface area (Å²) in [5, 5.41) is 11.6. The number of hydrogen-bond donors (Lipinski definition) is 1. The molecule has 0 aromatic rings. The number of esters is 1. The van der Waals surface area contributed by atoms with Crippen LogP contribution in [0.15, 0.2) is 23.6 Å². The zero-order chi connectivity index (χ0) is 25.8. The highest BCUT2D eigenvalue weighted by Gasteiger charge is 2.72. The number of carbonyl (C=O) groups excluding carboxylic acids is 3. The van der Waals surface area contributed by atoms with Gasteiger partial charge in [0, 0.05) is 29.1 Å². The number of alkyl halides is 1. The maximum atomic E-state index is 14.9. The highest BCUT2D eigenvalue weighted by Crippen LogP contribution is 2.69. The second-order valence-electron chi connectivity index (χ2n) is 11.7. The van der Waals surface area contributed by atoms with Gasteiger partial charge in [-0.2, -0.15) is 0 Å². The summed E-state index contributed by atoms with van der Waals surface area (Å²) in [6, 6.07) is 0. The Labute approximate surface area is 212 Å². The smallest absolute Gasteiger partial charge is 0.306 e. The summed E-state index contributed by atoms with van der Waals surface area (Å²) in [4.78, 5) is 38.5. The van der Waals surface area contributed by atoms with E-state index < -0.39 is 34.1 Å². The summed E-state index contributed by atoms with van der Waals surface area (Å²) in [5.74, 6) is -2.81. The Kier molecular flexibility index (Phi) is 7.13. The number of halogens is 2. The van der Waals surface area contributed by atoms with Crippen LogP contribution in [0.1, 0.15) is 79.1 Å². The number of ether oxygens (including phenoxy) is 1. The van der Waals surface area contributed by atoms with Gasteiger partial charge in [0.25, 0.3) is 0 Å². The lowest BCUT2D eigenvalue weighted by molar-refractivity contribution is -0.203. The maximum Gasteiger partial charge on any atom is 0.306 e. The van der Waals surface area contributed by atoms with Crippen molar-refractivity contribution in [2.75, 3.05) is 5.88 Å². The predicted octanol–water partition coefficient (Wildman–Crippen LogP) is 5.48. The lowest BCUT2D eigenvalue weighted by Crippen LogP contribution is -2.64. The number of rotatable bonds is 7. The average molecular weight is 509 g/mol. The van der Waals surface area contributed by atoms with E-state index in [1.165, 1.54) is 6.08 Å². The fourth-order valence-electron chi connectivity index (χ4n) is 8.44. The minimum Gasteiger partial charge on any atom is -0.450 e. The third-order valence-corrected chi connectivity index (χ3v) is 10.2. The number of carbonyl (C=O) groups is 3. The Bertz CT molecular complexity index is 974. The molecule has 0 radical (unpaired) electrons. The van der Waals surface area contributed by atoms with Crippen LogP contribution in [0.5, 0.6) is 0 Å². The summed E-state index contributed by atoms with van der Waals surface area (Å²) in [7, 11) is 0. The molecule has 4 rings (SSSR count). The van der Waals surface area contributed by atoms with E-state index in [1.807, 2.05) is 20.8 Å². The van der Waals surface area contributed by atoms with Gasteiger partial charge in [-0.3, -0.25) is 14.4 Å². The van der Waals surface area contributed by atoms with Crippen LogP contribution in [-0.4, -0.2) is 40.2 Å². The fourth-order valence-corrected chi connectivity index (χ4v) is 8.64. The van der Waals surface area contributed by atoms with Crippen LogP contribution in [0.4, 0.5) is 4.39 Å². The van der Waals surface area contributed by atoms with Crippen molar-refractivity contribution in [3.05, 3.63) is 23.6 Å². The molecule has 0 heterocycles. The van der Waals surface area contributed by atoms with Crippen molar-refractivity contribution < 1.29 is 28.6 Å². The molecular weight excluding hydrogens is 471 g/mol. The first-order chi connectivity index (χ1) is 16.5. The largest absolute Gasteiger partial charge is 0.450 e. The number of fused-ring (bicyclic) bond motifs is 5. The standard InChI is InChI=1S/C28H38ClFO5/c1-5-6-7-8-23(34)35-28(22(33)15-29)16(2)13-19-17-9-10-18-25(30)20(31)11-12-26(18,3)24(17)21(32)14-27(19,28)4/h11-12,16-17,19,21,24,32H,5-10,13-15H2,1-4H3/t16?,17-,19-,21?,24+,26-,27-,28-/m0/s1. The first-order valence-electron chi connectivity index (χ1n) is 13.1. The second-order valence-corrected chi connectivity index (χ2v) is 11.9. The number of Topliss-reactive ketones (excluding diaryl/α,β-unsaturated/α-hetero) is 1. The van der Waals surface area contributed by atoms with Crippen molar-refractivity contribution in [3.8, 4) is 0 Å². The molecule has 3 fully saturated rings. The third-order valence-electron chi connectivity index (χ3n) is 9.92. The summed E-state index contributed by atoms with van der Waals surface area (Å²) >= 11 is 6.11. The van der Waals surface area contributed by atoms with Crippen molar-refractivity contribution in [3.63, 3.8) is 0 Å². The van der Waals surface area contributed by atoms with E-state index in [2.05, 4.69) is 6.92 Å². The SMILES string of the molecule is CCCCCC(=O)O[C@]1(C(=O)CCl)C(C)C[C@H]2[C@@H]3CCC4=C(F)C(=O)C=C[C@]4(C)[C@H]3C(O)C[C@@]21C. The zero-order valence-corrected chi connectivity index (χ0v) is 22.0. The molecule has 8 atom stereocenters. The molecule has 4 aliphatic rings. The molecule has 194 valence electrons. The van der Waals surface area contributed by atoms with Crippen molar-refractivity contribution in [2.24, 2.45) is 34.5 Å². The fraction of sp³-hybridized carbons (Fsp3) is 0.750. The van der Waals surface area contributed by atoms with Gasteiger partial charge < -0.3 is 9.84 Å². The molecule has 1 N–H and O–H groups in total. The average Bonchev–Trinajstić information content (AvgIpc) is 3.03. The van der Waals surface area contributed by atoms with E-state index in [9.17, 15) is 23.9 Å². The Hall–Kier alpha value is -1.53. The first-order valence-corrected chi connectivity index (χ1v) is 13.6. The molecule has 0 bridgehead atoms. The van der Waals surface area contributed by atoms with Crippen LogP contribution in [0.3, 0.4) is 0 Å². The van der Waals surface area contributed by atoms with Gasteiger partial charge in [0.05, 0.1) is 12.0 Å². The molecule has 3 saturated carbocycles. The van der Waals surface area contributed by atoms with Crippen LogP contribution in [0.25, 0.3) is 0 Å². The molecule has 0 spiro atoms.